The molecule has 10 heteroatoms. The van der Waals surface area contributed by atoms with Crippen molar-refractivity contribution in [2.75, 3.05) is 7.11 Å². The van der Waals surface area contributed by atoms with Crippen molar-refractivity contribution < 1.29 is 28.6 Å². The molecule has 53 heavy (non-hydrogen) atoms. The summed E-state index contributed by atoms with van der Waals surface area (Å²) in [6, 6.07) is 12.8. The summed E-state index contributed by atoms with van der Waals surface area (Å²) in [5.74, 6) is 7.85. The normalized spacial score (nSPS) is 18.1. The van der Waals surface area contributed by atoms with Crippen molar-refractivity contribution in [1.29, 1.82) is 0 Å². The zero-order valence-corrected chi connectivity index (χ0v) is 30.7. The van der Waals surface area contributed by atoms with E-state index in [1.54, 1.807) is 29.0 Å². The maximum absolute atomic E-state index is 13.4. The highest BCUT2D eigenvalue weighted by atomic mass is 16.5. The highest BCUT2D eigenvalue weighted by Crippen LogP contribution is 2.39. The molecule has 0 saturated heterocycles. The smallest absolute Gasteiger partial charge is 0.260 e. The Labute approximate surface area is 309 Å². The molecule has 4 heterocycles. The lowest BCUT2D eigenvalue weighted by molar-refractivity contribution is -0.118. The van der Waals surface area contributed by atoms with Crippen LogP contribution in [-0.4, -0.2) is 59.0 Å². The molecule has 0 saturated carbocycles. The number of amides is 2. The van der Waals surface area contributed by atoms with Crippen molar-refractivity contribution in [3.05, 3.63) is 99.4 Å². The summed E-state index contributed by atoms with van der Waals surface area (Å²) < 4.78 is 18.4. The molecule has 0 N–H and O–H groups in total. The number of hydrogen-bond acceptors (Lipinski definition) is 8. The quantitative estimate of drug-likeness (QED) is 0.198. The van der Waals surface area contributed by atoms with Crippen molar-refractivity contribution in [3.63, 3.8) is 0 Å². The van der Waals surface area contributed by atoms with Crippen LogP contribution < -0.4 is 14.2 Å². The standard InChI is InChI=1S/C43H42N4O6/c1-6-34(48)10-8-7-9-29-14-30(24-52-39-18-37-35(13-28(39)4)42(49)46-22-26(2)11-32(46)20-44-37)16-31(15-29)25-53-41-19-38-36(17-40(41)51-5)43(50)47-23-27(3)12-33(47)21-45-38/h13-23,32-33H,6,8,10-12,24-25H2,1-5H3/t32-,33-/m0/s1. The Kier molecular flexibility index (Phi) is 10.0. The molecule has 0 fully saturated rings. The van der Waals surface area contributed by atoms with Gasteiger partial charge < -0.3 is 24.0 Å². The highest BCUT2D eigenvalue weighted by molar-refractivity contribution is 6.05. The number of fused-ring (bicyclic) bond motifs is 4. The van der Waals surface area contributed by atoms with Crippen LogP contribution in [0.4, 0.5) is 11.4 Å². The van der Waals surface area contributed by atoms with Crippen molar-refractivity contribution in [1.82, 2.24) is 9.80 Å². The number of Topliss-reactive ketones (excluding diaryl/α,β-unsaturated/α-hetero) is 1. The molecule has 7 rings (SSSR count). The Bertz CT molecular complexity index is 2200. The SMILES string of the molecule is CCC(=O)CCC#Cc1cc(COc2cc3c(cc2C)C(=O)N2C=C(C)C[C@H]2C=N3)cc(COc2cc3c(cc2OC)C(=O)N2C=C(C)C[C@H]2C=N3)c1. The molecular weight excluding hydrogens is 668 g/mol. The van der Waals surface area contributed by atoms with Gasteiger partial charge in [0.25, 0.3) is 11.8 Å². The van der Waals surface area contributed by atoms with Gasteiger partial charge in [0.2, 0.25) is 0 Å². The molecule has 2 atom stereocenters. The Morgan fingerprint density at radius 2 is 1.34 bits per heavy atom. The van der Waals surface area contributed by atoms with Crippen LogP contribution in [0.1, 0.15) is 95.8 Å². The summed E-state index contributed by atoms with van der Waals surface area (Å²) >= 11 is 0. The van der Waals surface area contributed by atoms with Gasteiger partial charge in [0, 0.05) is 61.8 Å². The Balaban J connectivity index is 1.13. The number of methoxy groups -OCH3 is 1. The van der Waals surface area contributed by atoms with E-state index in [4.69, 9.17) is 14.2 Å². The summed E-state index contributed by atoms with van der Waals surface area (Å²) in [7, 11) is 1.55. The number of hydrogen-bond donors (Lipinski definition) is 0. The molecule has 0 bridgehead atoms. The number of aliphatic imine (C=N–C) groups is 2. The summed E-state index contributed by atoms with van der Waals surface area (Å²) in [6.45, 7) is 8.22. The molecule has 270 valence electrons. The van der Waals surface area contributed by atoms with E-state index in [2.05, 4.69) is 21.8 Å². The first kappa shape index (κ1) is 35.5. The van der Waals surface area contributed by atoms with Crippen LogP contribution in [0.2, 0.25) is 0 Å². The van der Waals surface area contributed by atoms with E-state index in [1.807, 2.05) is 82.9 Å². The van der Waals surface area contributed by atoms with E-state index in [1.165, 1.54) is 0 Å². The number of benzene rings is 3. The minimum Gasteiger partial charge on any atom is -0.493 e. The van der Waals surface area contributed by atoms with Gasteiger partial charge in [-0.15, -0.1) is 0 Å². The van der Waals surface area contributed by atoms with Crippen LogP contribution in [0, 0.1) is 18.8 Å². The van der Waals surface area contributed by atoms with Crippen LogP contribution >= 0.6 is 0 Å². The van der Waals surface area contributed by atoms with Gasteiger partial charge in [-0.2, -0.15) is 0 Å². The van der Waals surface area contributed by atoms with Crippen LogP contribution in [0.15, 0.2) is 76.0 Å². The Hall–Kier alpha value is -5.95. The largest absolute Gasteiger partial charge is 0.493 e. The second-order valence-corrected chi connectivity index (χ2v) is 13.9. The Morgan fingerprint density at radius 3 is 1.92 bits per heavy atom. The topological polar surface area (TPSA) is 110 Å². The fourth-order valence-corrected chi connectivity index (χ4v) is 6.98. The molecule has 0 radical (unpaired) electrons. The summed E-state index contributed by atoms with van der Waals surface area (Å²) in [6.07, 6.45) is 10.3. The van der Waals surface area contributed by atoms with E-state index < -0.39 is 0 Å². The molecule has 3 aromatic carbocycles. The number of ether oxygens (including phenoxy) is 3. The minimum atomic E-state index is -0.128. The van der Waals surface area contributed by atoms with Crippen molar-refractivity contribution >= 4 is 41.4 Å². The van der Waals surface area contributed by atoms with Gasteiger partial charge in [0.15, 0.2) is 11.5 Å². The second-order valence-electron chi connectivity index (χ2n) is 13.9. The number of aryl methyl sites for hydroxylation is 1. The number of carbonyl (C=O) groups is 3. The van der Waals surface area contributed by atoms with Crippen molar-refractivity contribution in [2.24, 2.45) is 9.98 Å². The number of ketones is 1. The van der Waals surface area contributed by atoms with Gasteiger partial charge in [0.1, 0.15) is 24.7 Å². The zero-order chi connectivity index (χ0) is 37.2. The molecule has 4 aliphatic rings. The molecule has 0 spiro atoms. The molecule has 4 aliphatic heterocycles. The lowest BCUT2D eigenvalue weighted by Crippen LogP contribution is -2.32. The van der Waals surface area contributed by atoms with Crippen LogP contribution in [0.25, 0.3) is 0 Å². The number of carbonyl (C=O) groups excluding carboxylic acids is 3. The van der Waals surface area contributed by atoms with Gasteiger partial charge in [-0.3, -0.25) is 24.4 Å². The first-order valence-corrected chi connectivity index (χ1v) is 17.9. The third kappa shape index (κ3) is 7.51. The van der Waals surface area contributed by atoms with E-state index in [0.717, 1.165) is 46.2 Å². The van der Waals surface area contributed by atoms with Gasteiger partial charge in [0.05, 0.1) is 41.7 Å². The van der Waals surface area contributed by atoms with Crippen molar-refractivity contribution in [2.45, 2.75) is 85.1 Å². The molecule has 0 aromatic heterocycles. The van der Waals surface area contributed by atoms with E-state index >= 15 is 0 Å². The third-order valence-electron chi connectivity index (χ3n) is 9.77. The van der Waals surface area contributed by atoms with Gasteiger partial charge in [-0.05, 0) is 80.6 Å². The van der Waals surface area contributed by atoms with Gasteiger partial charge >= 0.3 is 0 Å². The maximum Gasteiger partial charge on any atom is 0.260 e. The first-order chi connectivity index (χ1) is 25.6. The minimum absolute atomic E-state index is 0.0670. The lowest BCUT2D eigenvalue weighted by Gasteiger charge is -2.19. The zero-order valence-electron chi connectivity index (χ0n) is 30.7. The molecule has 3 aromatic rings. The van der Waals surface area contributed by atoms with Crippen LogP contribution in [0.5, 0.6) is 17.2 Å². The van der Waals surface area contributed by atoms with Gasteiger partial charge in [-0.25, -0.2) is 0 Å². The lowest BCUT2D eigenvalue weighted by atomic mass is 10.1. The fraction of sp³-hybridized carbons (Fsp3) is 0.326. The first-order valence-electron chi connectivity index (χ1n) is 17.9. The Morgan fingerprint density at radius 1 is 0.774 bits per heavy atom. The number of nitrogens with zero attached hydrogens (tertiary/aromatic N) is 4. The van der Waals surface area contributed by atoms with E-state index in [0.29, 0.717) is 59.0 Å². The summed E-state index contributed by atoms with van der Waals surface area (Å²) in [4.78, 5) is 51.5. The molecule has 2 amide bonds. The van der Waals surface area contributed by atoms with E-state index in [9.17, 15) is 14.4 Å². The molecule has 0 aliphatic carbocycles. The fourth-order valence-electron chi connectivity index (χ4n) is 6.98. The molecular formula is C43H42N4O6. The molecule has 0 unspecified atom stereocenters. The molecule has 10 nitrogen and oxygen atoms in total. The maximum atomic E-state index is 13.4. The van der Waals surface area contributed by atoms with Crippen LogP contribution in [0.3, 0.4) is 0 Å². The highest BCUT2D eigenvalue weighted by Gasteiger charge is 2.33. The summed E-state index contributed by atoms with van der Waals surface area (Å²) in [5, 5.41) is 0. The van der Waals surface area contributed by atoms with Crippen LogP contribution in [-0.2, 0) is 18.0 Å². The van der Waals surface area contributed by atoms with E-state index in [-0.39, 0.29) is 42.9 Å². The van der Waals surface area contributed by atoms with Gasteiger partial charge in [-0.1, -0.05) is 29.9 Å². The van der Waals surface area contributed by atoms with Crippen molar-refractivity contribution in [3.8, 4) is 29.1 Å². The average Bonchev–Trinajstić information content (AvgIpc) is 3.66. The number of rotatable bonds is 10. The predicted octanol–water partition coefficient (Wildman–Crippen LogP) is 7.94. The predicted molar refractivity (Wildman–Crippen MR) is 204 cm³/mol. The second kappa shape index (κ2) is 15.0. The summed E-state index contributed by atoms with van der Waals surface area (Å²) in [5.41, 5.74) is 7.68. The average molecular weight is 711 g/mol. The third-order valence-corrected chi connectivity index (χ3v) is 9.77. The monoisotopic (exact) mass is 710 g/mol.